The van der Waals surface area contributed by atoms with Crippen LogP contribution in [0.2, 0.25) is 0 Å². The Balaban J connectivity index is 2.51. The van der Waals surface area contributed by atoms with Gasteiger partial charge in [0.05, 0.1) is 18.7 Å². The third-order valence-electron chi connectivity index (χ3n) is 4.05. The molecule has 1 atom stereocenters. The van der Waals surface area contributed by atoms with Crippen LogP contribution in [0.3, 0.4) is 0 Å². The summed E-state index contributed by atoms with van der Waals surface area (Å²) in [6.45, 7) is 4.62. The average Bonchev–Trinajstić information content (AvgIpc) is 3.08. The van der Waals surface area contributed by atoms with E-state index >= 15 is 0 Å². The standard InChI is InChI=1S/C18H18F4N4O2/c1-4-11-12(19)14(21)16(15(22)13(11)20)26-17(10(6-23)8-25-26)24-7-9(3)18(27)28-5-2/h8-9,24H,4-5,7H2,1-3H3. The molecule has 0 saturated carbocycles. The van der Waals surface area contributed by atoms with Gasteiger partial charge in [-0.1, -0.05) is 13.8 Å². The lowest BCUT2D eigenvalue weighted by molar-refractivity contribution is -0.146. The molecule has 2 aromatic rings. The highest BCUT2D eigenvalue weighted by Gasteiger charge is 2.28. The van der Waals surface area contributed by atoms with E-state index in [0.717, 1.165) is 6.20 Å². The fourth-order valence-electron chi connectivity index (χ4n) is 2.55. The Morgan fingerprint density at radius 3 is 2.36 bits per heavy atom. The van der Waals surface area contributed by atoms with E-state index in [2.05, 4.69) is 10.4 Å². The van der Waals surface area contributed by atoms with Crippen molar-refractivity contribution in [2.45, 2.75) is 27.2 Å². The van der Waals surface area contributed by atoms with E-state index in [0.29, 0.717) is 4.68 Å². The van der Waals surface area contributed by atoms with E-state index in [1.54, 1.807) is 13.0 Å². The molecule has 0 radical (unpaired) electrons. The van der Waals surface area contributed by atoms with Gasteiger partial charge in [-0.2, -0.15) is 10.4 Å². The number of nitriles is 1. The summed E-state index contributed by atoms with van der Waals surface area (Å²) in [5.41, 5.74) is -1.95. The Kier molecular flexibility index (Phi) is 6.62. The quantitative estimate of drug-likeness (QED) is 0.439. The molecular formula is C18H18F4N4O2. The number of rotatable bonds is 7. The highest BCUT2D eigenvalue weighted by Crippen LogP contribution is 2.30. The summed E-state index contributed by atoms with van der Waals surface area (Å²) in [7, 11) is 0. The zero-order chi connectivity index (χ0) is 21.0. The van der Waals surface area contributed by atoms with Crippen molar-refractivity contribution in [3.63, 3.8) is 0 Å². The second kappa shape index (κ2) is 8.73. The predicted octanol–water partition coefficient (Wildman–Crippen LogP) is 3.47. The van der Waals surface area contributed by atoms with Gasteiger partial charge in [-0.25, -0.2) is 22.2 Å². The molecule has 0 bridgehead atoms. The van der Waals surface area contributed by atoms with Crippen molar-refractivity contribution < 1.29 is 27.1 Å². The minimum atomic E-state index is -1.63. The summed E-state index contributed by atoms with van der Waals surface area (Å²) >= 11 is 0. The fourth-order valence-corrected chi connectivity index (χ4v) is 2.55. The number of esters is 1. The zero-order valence-corrected chi connectivity index (χ0v) is 15.4. The average molecular weight is 398 g/mol. The molecule has 0 aliphatic heterocycles. The van der Waals surface area contributed by atoms with Crippen molar-refractivity contribution in [1.82, 2.24) is 9.78 Å². The van der Waals surface area contributed by atoms with Gasteiger partial charge < -0.3 is 10.1 Å². The summed E-state index contributed by atoms with van der Waals surface area (Å²) in [5, 5.41) is 15.5. The number of hydrogen-bond donors (Lipinski definition) is 1. The minimum Gasteiger partial charge on any atom is -0.466 e. The van der Waals surface area contributed by atoms with Crippen LogP contribution in [-0.4, -0.2) is 28.9 Å². The van der Waals surface area contributed by atoms with Gasteiger partial charge in [-0.05, 0) is 13.3 Å². The maximum atomic E-state index is 14.5. The van der Waals surface area contributed by atoms with Crippen LogP contribution in [0.25, 0.3) is 5.69 Å². The van der Waals surface area contributed by atoms with Crippen LogP contribution in [0.1, 0.15) is 31.9 Å². The lowest BCUT2D eigenvalue weighted by Crippen LogP contribution is -2.24. The molecule has 1 unspecified atom stereocenters. The molecule has 1 N–H and O–H groups in total. The number of benzene rings is 1. The molecule has 0 saturated heterocycles. The summed E-state index contributed by atoms with van der Waals surface area (Å²) in [6.07, 6.45) is 0.732. The second-order valence-corrected chi connectivity index (χ2v) is 5.90. The normalized spacial score (nSPS) is 11.8. The van der Waals surface area contributed by atoms with E-state index in [1.165, 1.54) is 13.8 Å². The monoisotopic (exact) mass is 398 g/mol. The summed E-state index contributed by atoms with van der Waals surface area (Å²) in [4.78, 5) is 11.7. The molecule has 1 aromatic carbocycles. The van der Waals surface area contributed by atoms with Crippen molar-refractivity contribution in [2.75, 3.05) is 18.5 Å². The van der Waals surface area contributed by atoms with Crippen LogP contribution in [0.15, 0.2) is 6.20 Å². The molecule has 6 nitrogen and oxygen atoms in total. The topological polar surface area (TPSA) is 79.9 Å². The highest BCUT2D eigenvalue weighted by molar-refractivity contribution is 5.73. The van der Waals surface area contributed by atoms with Gasteiger partial charge in [0, 0.05) is 12.1 Å². The smallest absolute Gasteiger partial charge is 0.310 e. The third-order valence-corrected chi connectivity index (χ3v) is 4.05. The summed E-state index contributed by atoms with van der Waals surface area (Å²) in [5.74, 6) is -7.73. The number of hydrogen-bond acceptors (Lipinski definition) is 5. The molecule has 0 fully saturated rings. The highest BCUT2D eigenvalue weighted by atomic mass is 19.2. The maximum absolute atomic E-state index is 14.5. The number of nitrogens with one attached hydrogen (secondary N) is 1. The van der Waals surface area contributed by atoms with Crippen molar-refractivity contribution in [1.29, 1.82) is 5.26 Å². The van der Waals surface area contributed by atoms with Crippen LogP contribution >= 0.6 is 0 Å². The first-order valence-electron chi connectivity index (χ1n) is 8.52. The van der Waals surface area contributed by atoms with Crippen molar-refractivity contribution in [3.05, 3.63) is 40.6 Å². The van der Waals surface area contributed by atoms with E-state index in [9.17, 15) is 27.6 Å². The van der Waals surface area contributed by atoms with Gasteiger partial charge in [-0.15, -0.1) is 0 Å². The Bertz CT molecular complexity index is 908. The van der Waals surface area contributed by atoms with Gasteiger partial charge in [0.25, 0.3) is 0 Å². The molecular weight excluding hydrogens is 380 g/mol. The molecule has 10 heteroatoms. The van der Waals surface area contributed by atoms with Crippen molar-refractivity contribution >= 4 is 11.8 Å². The largest absolute Gasteiger partial charge is 0.466 e. The van der Waals surface area contributed by atoms with E-state index < -0.39 is 46.4 Å². The molecule has 0 spiro atoms. The SMILES string of the molecule is CCOC(=O)C(C)CNc1c(C#N)cnn1-c1c(F)c(F)c(CC)c(F)c1F. The minimum absolute atomic E-state index is 0.0690. The molecule has 28 heavy (non-hydrogen) atoms. The number of halogens is 4. The molecule has 0 aliphatic carbocycles. The third kappa shape index (κ3) is 3.78. The van der Waals surface area contributed by atoms with Gasteiger partial charge in [-0.3, -0.25) is 4.79 Å². The van der Waals surface area contributed by atoms with Gasteiger partial charge >= 0.3 is 5.97 Å². The molecule has 1 aromatic heterocycles. The second-order valence-electron chi connectivity index (χ2n) is 5.90. The predicted molar refractivity (Wildman–Crippen MR) is 91.8 cm³/mol. The number of aromatic nitrogens is 2. The van der Waals surface area contributed by atoms with Crippen LogP contribution in [0.5, 0.6) is 0 Å². The summed E-state index contributed by atoms with van der Waals surface area (Å²) in [6, 6.07) is 1.76. The van der Waals surface area contributed by atoms with Crippen LogP contribution in [-0.2, 0) is 16.0 Å². The van der Waals surface area contributed by atoms with Crippen LogP contribution in [0, 0.1) is 40.5 Å². The molecule has 2 rings (SSSR count). The molecule has 150 valence electrons. The van der Waals surface area contributed by atoms with Crippen molar-refractivity contribution in [3.8, 4) is 11.8 Å². The Morgan fingerprint density at radius 1 is 1.25 bits per heavy atom. The Hall–Kier alpha value is -3.09. The van der Waals surface area contributed by atoms with Gasteiger partial charge in [0.1, 0.15) is 23.1 Å². The summed E-state index contributed by atoms with van der Waals surface area (Å²) < 4.78 is 62.6. The number of carbonyl (C=O) groups excluding carboxylic acids is 1. The van der Waals surface area contributed by atoms with Crippen LogP contribution < -0.4 is 5.32 Å². The molecule has 0 aliphatic rings. The Labute approximate surface area is 158 Å². The lowest BCUT2D eigenvalue weighted by atomic mass is 10.1. The first-order chi connectivity index (χ1) is 13.3. The number of carbonyl (C=O) groups is 1. The first-order valence-corrected chi connectivity index (χ1v) is 8.52. The number of ether oxygens (including phenoxy) is 1. The fraction of sp³-hybridized carbons (Fsp3) is 0.389. The lowest BCUT2D eigenvalue weighted by Gasteiger charge is -2.16. The zero-order valence-electron chi connectivity index (χ0n) is 15.4. The molecule has 0 amide bonds. The van der Waals surface area contributed by atoms with E-state index in [1.807, 2.05) is 0 Å². The maximum Gasteiger partial charge on any atom is 0.310 e. The van der Waals surface area contributed by atoms with Crippen LogP contribution in [0.4, 0.5) is 23.4 Å². The van der Waals surface area contributed by atoms with E-state index in [4.69, 9.17) is 4.74 Å². The van der Waals surface area contributed by atoms with Crippen molar-refractivity contribution in [2.24, 2.45) is 5.92 Å². The van der Waals surface area contributed by atoms with Gasteiger partial charge in [0.15, 0.2) is 23.3 Å². The number of nitrogens with zero attached hydrogens (tertiary/aromatic N) is 3. The van der Waals surface area contributed by atoms with Gasteiger partial charge in [0.2, 0.25) is 0 Å². The van der Waals surface area contributed by atoms with E-state index in [-0.39, 0.29) is 31.0 Å². The Morgan fingerprint density at radius 2 is 1.86 bits per heavy atom. The first kappa shape index (κ1) is 21.2. The number of anilines is 1. The molecule has 1 heterocycles.